The maximum atomic E-state index is 12.0. The molecule has 7 heteroatoms. The second-order valence-electron chi connectivity index (χ2n) is 3.69. The van der Waals surface area contributed by atoms with Gasteiger partial charge in [-0.1, -0.05) is 0 Å². The van der Waals surface area contributed by atoms with Gasteiger partial charge in [0.2, 0.25) is 0 Å². The number of aliphatic hydroxyl groups excluding tert-OH is 1. The van der Waals surface area contributed by atoms with E-state index in [9.17, 15) is 4.57 Å². The van der Waals surface area contributed by atoms with Crippen molar-refractivity contribution in [2.75, 3.05) is 26.2 Å². The molecule has 0 spiro atoms. The summed E-state index contributed by atoms with van der Waals surface area (Å²) in [6, 6.07) is 0. The molecule has 1 heterocycles. The predicted molar refractivity (Wildman–Crippen MR) is 61.8 cm³/mol. The molecule has 1 rings (SSSR count). The first-order chi connectivity index (χ1) is 8.13. The Labute approximate surface area is 102 Å². The summed E-state index contributed by atoms with van der Waals surface area (Å²) in [5.41, 5.74) is 0. The van der Waals surface area contributed by atoms with Crippen molar-refractivity contribution in [3.8, 4) is 0 Å². The minimum Gasteiger partial charge on any atom is -0.394 e. The Hall–Kier alpha value is 0.0300. The number of aliphatic hydroxyl groups is 1. The molecule has 1 aliphatic rings. The molecule has 1 fully saturated rings. The Bertz CT molecular complexity index is 249. The van der Waals surface area contributed by atoms with Gasteiger partial charge >= 0.3 is 7.60 Å². The lowest BCUT2D eigenvalue weighted by Crippen LogP contribution is -2.18. The van der Waals surface area contributed by atoms with Crippen LogP contribution in [-0.2, 0) is 23.1 Å². The van der Waals surface area contributed by atoms with E-state index in [-0.39, 0.29) is 19.1 Å². The Morgan fingerprint density at radius 2 is 1.94 bits per heavy atom. The minimum absolute atomic E-state index is 0.0194. The van der Waals surface area contributed by atoms with E-state index in [4.69, 9.17) is 23.6 Å². The Morgan fingerprint density at radius 3 is 2.41 bits per heavy atom. The molecule has 0 aromatic carbocycles. The third-order valence-corrected chi connectivity index (χ3v) is 4.11. The molecule has 0 unspecified atom stereocenters. The fourth-order valence-electron chi connectivity index (χ4n) is 1.61. The van der Waals surface area contributed by atoms with Gasteiger partial charge in [0, 0.05) is 6.42 Å². The molecule has 17 heavy (non-hydrogen) atoms. The average Bonchev–Trinajstić information content (AvgIpc) is 2.75. The van der Waals surface area contributed by atoms with Crippen LogP contribution in [0.3, 0.4) is 0 Å². The van der Waals surface area contributed by atoms with Gasteiger partial charge in [0.25, 0.3) is 0 Å². The topological polar surface area (TPSA) is 74.2 Å². The van der Waals surface area contributed by atoms with Crippen molar-refractivity contribution >= 4 is 7.60 Å². The van der Waals surface area contributed by atoms with E-state index in [1.54, 1.807) is 13.8 Å². The van der Waals surface area contributed by atoms with Crippen LogP contribution in [0.25, 0.3) is 0 Å². The third-order valence-electron chi connectivity index (χ3n) is 2.34. The molecular weight excluding hydrogens is 247 g/mol. The van der Waals surface area contributed by atoms with Gasteiger partial charge in [-0.3, -0.25) is 4.57 Å². The first-order valence-corrected chi connectivity index (χ1v) is 7.62. The smallest absolute Gasteiger partial charge is 0.356 e. The van der Waals surface area contributed by atoms with E-state index >= 15 is 0 Å². The highest BCUT2D eigenvalue weighted by Gasteiger charge is 2.30. The minimum atomic E-state index is -3.16. The maximum Gasteiger partial charge on any atom is 0.356 e. The zero-order chi connectivity index (χ0) is 12.7. The standard InChI is InChI=1S/C10H21O6P/c1-3-14-17(12,15-4-2)8-13-10-6-5-9(7-11)16-10/h9-11H,3-8H2,1-2H3/t9-,10+/m1/s1. The first-order valence-electron chi connectivity index (χ1n) is 5.89. The molecule has 0 amide bonds. The van der Waals surface area contributed by atoms with Gasteiger partial charge in [-0.15, -0.1) is 0 Å². The average molecular weight is 268 g/mol. The van der Waals surface area contributed by atoms with Crippen LogP contribution in [0.2, 0.25) is 0 Å². The molecule has 0 bridgehead atoms. The van der Waals surface area contributed by atoms with Gasteiger partial charge in [0.05, 0.1) is 25.9 Å². The molecule has 0 aromatic heterocycles. The van der Waals surface area contributed by atoms with Crippen molar-refractivity contribution in [3.05, 3.63) is 0 Å². The summed E-state index contributed by atoms with van der Waals surface area (Å²) >= 11 is 0. The summed E-state index contributed by atoms with van der Waals surface area (Å²) in [5, 5.41) is 8.90. The van der Waals surface area contributed by atoms with E-state index in [0.29, 0.717) is 19.6 Å². The maximum absolute atomic E-state index is 12.0. The lowest BCUT2D eigenvalue weighted by Gasteiger charge is -2.19. The summed E-state index contributed by atoms with van der Waals surface area (Å²) < 4.78 is 32.9. The summed E-state index contributed by atoms with van der Waals surface area (Å²) in [4.78, 5) is 0. The van der Waals surface area contributed by atoms with Gasteiger partial charge in [-0.2, -0.15) is 0 Å². The van der Waals surface area contributed by atoms with Crippen molar-refractivity contribution in [2.45, 2.75) is 39.1 Å². The van der Waals surface area contributed by atoms with Crippen LogP contribution >= 0.6 is 7.60 Å². The molecule has 0 aromatic rings. The SMILES string of the molecule is CCOP(=O)(CO[C@@H]1CC[C@H](CO)O1)OCC. The summed E-state index contributed by atoms with van der Waals surface area (Å²) in [6.45, 7) is 4.10. The van der Waals surface area contributed by atoms with Crippen molar-refractivity contribution in [2.24, 2.45) is 0 Å². The van der Waals surface area contributed by atoms with E-state index < -0.39 is 13.9 Å². The normalized spacial score (nSPS) is 25.4. The van der Waals surface area contributed by atoms with Crippen LogP contribution < -0.4 is 0 Å². The lowest BCUT2D eigenvalue weighted by atomic mass is 10.2. The van der Waals surface area contributed by atoms with Gasteiger partial charge < -0.3 is 23.6 Å². The number of hydrogen-bond donors (Lipinski definition) is 1. The van der Waals surface area contributed by atoms with Crippen LogP contribution in [0, 0.1) is 0 Å². The van der Waals surface area contributed by atoms with Crippen LogP contribution in [0.15, 0.2) is 0 Å². The molecule has 1 N–H and O–H groups in total. The number of ether oxygens (including phenoxy) is 2. The van der Waals surface area contributed by atoms with E-state index in [1.807, 2.05) is 0 Å². The molecular formula is C10H21O6P. The summed E-state index contributed by atoms with van der Waals surface area (Å²) in [6.07, 6.45) is 0.704. The van der Waals surface area contributed by atoms with Gasteiger partial charge in [-0.25, -0.2) is 0 Å². The van der Waals surface area contributed by atoms with Crippen molar-refractivity contribution in [1.29, 1.82) is 0 Å². The predicted octanol–water partition coefficient (Wildman–Crippen LogP) is 1.72. The van der Waals surface area contributed by atoms with Gasteiger partial charge in [-0.05, 0) is 20.3 Å². The molecule has 0 saturated carbocycles. The Kier molecular flexibility index (Phi) is 6.62. The lowest BCUT2D eigenvalue weighted by molar-refractivity contribution is -0.131. The highest BCUT2D eigenvalue weighted by Crippen LogP contribution is 2.48. The molecule has 102 valence electrons. The zero-order valence-corrected chi connectivity index (χ0v) is 11.2. The third kappa shape index (κ3) is 5.04. The fourth-order valence-corrected chi connectivity index (χ4v) is 2.97. The van der Waals surface area contributed by atoms with Gasteiger partial charge in [0.15, 0.2) is 12.6 Å². The van der Waals surface area contributed by atoms with Crippen molar-refractivity contribution in [3.63, 3.8) is 0 Å². The second-order valence-corrected chi connectivity index (χ2v) is 5.69. The first kappa shape index (κ1) is 15.1. The van der Waals surface area contributed by atoms with E-state index in [1.165, 1.54) is 0 Å². The van der Waals surface area contributed by atoms with Crippen LogP contribution in [0.4, 0.5) is 0 Å². The zero-order valence-electron chi connectivity index (χ0n) is 10.3. The molecule has 0 aliphatic carbocycles. The molecule has 1 aliphatic heterocycles. The Morgan fingerprint density at radius 1 is 1.29 bits per heavy atom. The largest absolute Gasteiger partial charge is 0.394 e. The van der Waals surface area contributed by atoms with Crippen LogP contribution in [0.5, 0.6) is 0 Å². The van der Waals surface area contributed by atoms with Crippen molar-refractivity contribution < 1.29 is 28.2 Å². The molecule has 2 atom stereocenters. The monoisotopic (exact) mass is 268 g/mol. The van der Waals surface area contributed by atoms with Crippen LogP contribution in [-0.4, -0.2) is 43.7 Å². The van der Waals surface area contributed by atoms with Crippen molar-refractivity contribution in [1.82, 2.24) is 0 Å². The van der Waals surface area contributed by atoms with E-state index in [0.717, 1.165) is 6.42 Å². The second kappa shape index (κ2) is 7.46. The van der Waals surface area contributed by atoms with Crippen LogP contribution in [0.1, 0.15) is 26.7 Å². The van der Waals surface area contributed by atoms with Gasteiger partial charge in [0.1, 0.15) is 0 Å². The fraction of sp³-hybridized carbons (Fsp3) is 1.00. The molecule has 1 saturated heterocycles. The number of rotatable bonds is 8. The molecule has 6 nitrogen and oxygen atoms in total. The summed E-state index contributed by atoms with van der Waals surface area (Å²) in [5.74, 6) is 0. The highest BCUT2D eigenvalue weighted by molar-refractivity contribution is 7.53. The van der Waals surface area contributed by atoms with E-state index in [2.05, 4.69) is 0 Å². The highest BCUT2D eigenvalue weighted by atomic mass is 31.2. The molecule has 0 radical (unpaired) electrons. The summed E-state index contributed by atoms with van der Waals surface area (Å²) in [7, 11) is -3.16. The Balaban J connectivity index is 2.34. The number of hydrogen-bond acceptors (Lipinski definition) is 6. The quantitative estimate of drug-likeness (QED) is 0.676.